The molecule has 1 aliphatic rings. The van der Waals surface area contributed by atoms with E-state index in [4.69, 9.17) is 14.5 Å². The molecule has 0 saturated heterocycles. The molecule has 25 heavy (non-hydrogen) atoms. The average molecular weight is 348 g/mol. The molecule has 2 N–H and O–H groups in total. The summed E-state index contributed by atoms with van der Waals surface area (Å²) in [6, 6.07) is 6.37. The molecular weight excluding hydrogens is 314 g/mol. The van der Waals surface area contributed by atoms with Gasteiger partial charge in [0.1, 0.15) is 5.75 Å². The van der Waals surface area contributed by atoms with Crippen LogP contribution in [0.25, 0.3) is 0 Å². The van der Waals surface area contributed by atoms with Crippen LogP contribution in [0, 0.1) is 12.8 Å². The fourth-order valence-corrected chi connectivity index (χ4v) is 2.45. The second-order valence-electron chi connectivity index (χ2n) is 6.54. The minimum atomic E-state index is 0.612. The number of nitrogens with one attached hydrogen (secondary N) is 2. The molecule has 5 heteroatoms. The maximum atomic E-state index is 6.03. The molecule has 0 heterocycles. The van der Waals surface area contributed by atoms with Gasteiger partial charge in [0.2, 0.25) is 0 Å². The molecule has 0 radical (unpaired) electrons. The molecule has 0 amide bonds. The molecule has 1 aliphatic carbocycles. The number of guanidine groups is 1. The van der Waals surface area contributed by atoms with Crippen LogP contribution in [0.2, 0.25) is 0 Å². The molecule has 0 spiro atoms. The van der Waals surface area contributed by atoms with Crippen molar-refractivity contribution in [3.8, 4) is 5.75 Å². The van der Waals surface area contributed by atoms with E-state index in [1.807, 2.05) is 6.92 Å². The van der Waals surface area contributed by atoms with Crippen LogP contribution in [0.15, 0.2) is 23.2 Å². The number of hydrogen-bond donors (Lipinski definition) is 2. The van der Waals surface area contributed by atoms with Crippen molar-refractivity contribution >= 4 is 5.96 Å². The highest BCUT2D eigenvalue weighted by atomic mass is 16.5. The first-order chi connectivity index (χ1) is 12.2. The predicted molar refractivity (Wildman–Crippen MR) is 103 cm³/mol. The van der Waals surface area contributed by atoms with Crippen molar-refractivity contribution < 1.29 is 9.47 Å². The molecule has 5 nitrogen and oxygen atoms in total. The van der Waals surface area contributed by atoms with Crippen LogP contribution in [0.5, 0.6) is 5.75 Å². The van der Waals surface area contributed by atoms with Gasteiger partial charge >= 0.3 is 0 Å². The first-order valence-corrected chi connectivity index (χ1v) is 9.55. The lowest BCUT2D eigenvalue weighted by atomic mass is 10.1. The number of aryl methyl sites for hydroxylation is 1. The number of rotatable bonds is 11. The van der Waals surface area contributed by atoms with Gasteiger partial charge in [-0.2, -0.15) is 0 Å². The molecule has 1 aromatic carbocycles. The van der Waals surface area contributed by atoms with E-state index in [-0.39, 0.29) is 0 Å². The lowest BCUT2D eigenvalue weighted by Gasteiger charge is -2.13. The van der Waals surface area contributed by atoms with E-state index in [0.717, 1.165) is 62.5 Å². The Morgan fingerprint density at radius 2 is 2.08 bits per heavy atom. The molecule has 0 atom stereocenters. The summed E-state index contributed by atoms with van der Waals surface area (Å²) in [5.74, 6) is 2.57. The monoisotopic (exact) mass is 347 g/mol. The van der Waals surface area contributed by atoms with Crippen molar-refractivity contribution in [1.29, 1.82) is 0 Å². The van der Waals surface area contributed by atoms with Crippen LogP contribution < -0.4 is 15.4 Å². The van der Waals surface area contributed by atoms with Crippen LogP contribution in [0.1, 0.15) is 44.2 Å². The zero-order valence-corrected chi connectivity index (χ0v) is 15.9. The van der Waals surface area contributed by atoms with Crippen LogP contribution in [0.4, 0.5) is 0 Å². The molecule has 140 valence electrons. The Kier molecular flexibility index (Phi) is 8.60. The summed E-state index contributed by atoms with van der Waals surface area (Å²) in [5, 5.41) is 6.65. The molecule has 1 fully saturated rings. The van der Waals surface area contributed by atoms with Gasteiger partial charge < -0.3 is 20.1 Å². The van der Waals surface area contributed by atoms with E-state index in [9.17, 15) is 0 Å². The van der Waals surface area contributed by atoms with Gasteiger partial charge in [0.15, 0.2) is 5.96 Å². The van der Waals surface area contributed by atoms with E-state index < -0.39 is 0 Å². The van der Waals surface area contributed by atoms with Crippen LogP contribution >= 0.6 is 0 Å². The summed E-state index contributed by atoms with van der Waals surface area (Å²) in [6.07, 6.45) is 3.57. The van der Waals surface area contributed by atoms with Gasteiger partial charge in [0.05, 0.1) is 13.2 Å². The maximum Gasteiger partial charge on any atom is 0.191 e. The smallest absolute Gasteiger partial charge is 0.191 e. The van der Waals surface area contributed by atoms with Gasteiger partial charge in [-0.15, -0.1) is 0 Å². The molecule has 0 aliphatic heterocycles. The zero-order chi connectivity index (χ0) is 17.9. The Labute approximate surface area is 152 Å². The lowest BCUT2D eigenvalue weighted by Crippen LogP contribution is -2.38. The summed E-state index contributed by atoms with van der Waals surface area (Å²) in [5.41, 5.74) is 2.36. The van der Waals surface area contributed by atoms with Crippen molar-refractivity contribution in [3.05, 3.63) is 29.3 Å². The third-order valence-electron chi connectivity index (χ3n) is 4.11. The average Bonchev–Trinajstić information content (AvgIpc) is 3.43. The largest absolute Gasteiger partial charge is 0.493 e. The summed E-state index contributed by atoms with van der Waals surface area (Å²) >= 11 is 0. The normalized spacial score (nSPS) is 14.4. The Morgan fingerprint density at radius 3 is 2.80 bits per heavy atom. The van der Waals surface area contributed by atoms with Crippen LogP contribution in [0.3, 0.4) is 0 Å². The third-order valence-corrected chi connectivity index (χ3v) is 4.11. The maximum absolute atomic E-state index is 6.03. The number of nitrogens with zero attached hydrogens (tertiary/aromatic N) is 1. The number of ether oxygens (including phenoxy) is 2. The van der Waals surface area contributed by atoms with Gasteiger partial charge in [-0.1, -0.05) is 12.1 Å². The van der Waals surface area contributed by atoms with Crippen molar-refractivity contribution in [2.45, 2.75) is 46.6 Å². The van der Waals surface area contributed by atoms with Crippen molar-refractivity contribution in [3.63, 3.8) is 0 Å². The third kappa shape index (κ3) is 7.78. The molecule has 0 aromatic heterocycles. The Balaban J connectivity index is 1.90. The number of benzene rings is 1. The number of hydrogen-bond acceptors (Lipinski definition) is 3. The Bertz CT molecular complexity index is 542. The minimum Gasteiger partial charge on any atom is -0.493 e. The molecular formula is C20H33N3O2. The Morgan fingerprint density at radius 1 is 1.24 bits per heavy atom. The first-order valence-electron chi connectivity index (χ1n) is 9.55. The fourth-order valence-electron chi connectivity index (χ4n) is 2.45. The van der Waals surface area contributed by atoms with Gasteiger partial charge in [-0.25, -0.2) is 4.99 Å². The quantitative estimate of drug-likeness (QED) is 0.366. The zero-order valence-electron chi connectivity index (χ0n) is 15.9. The van der Waals surface area contributed by atoms with E-state index in [0.29, 0.717) is 6.54 Å². The van der Waals surface area contributed by atoms with Gasteiger partial charge in [-0.3, -0.25) is 0 Å². The van der Waals surface area contributed by atoms with E-state index in [2.05, 4.69) is 42.7 Å². The van der Waals surface area contributed by atoms with Crippen molar-refractivity contribution in [2.24, 2.45) is 10.9 Å². The topological polar surface area (TPSA) is 54.9 Å². The Hall–Kier alpha value is -1.75. The lowest BCUT2D eigenvalue weighted by molar-refractivity contribution is 0.145. The van der Waals surface area contributed by atoms with Crippen LogP contribution in [-0.4, -0.2) is 38.9 Å². The second-order valence-corrected chi connectivity index (χ2v) is 6.54. The second kappa shape index (κ2) is 11.0. The fraction of sp³-hybridized carbons (Fsp3) is 0.650. The number of aliphatic imine (C=N–C) groups is 1. The molecule has 1 aromatic rings. The minimum absolute atomic E-state index is 0.612. The first kappa shape index (κ1) is 19.6. The molecule has 2 rings (SSSR count). The van der Waals surface area contributed by atoms with Crippen molar-refractivity contribution in [2.75, 3.05) is 32.9 Å². The summed E-state index contributed by atoms with van der Waals surface area (Å²) in [7, 11) is 0. The van der Waals surface area contributed by atoms with Crippen LogP contribution in [-0.2, 0) is 11.3 Å². The summed E-state index contributed by atoms with van der Waals surface area (Å²) in [6.45, 7) is 10.9. The molecule has 0 unspecified atom stereocenters. The highest BCUT2D eigenvalue weighted by Crippen LogP contribution is 2.30. The summed E-state index contributed by atoms with van der Waals surface area (Å²) in [4.78, 5) is 4.71. The van der Waals surface area contributed by atoms with E-state index in [1.54, 1.807) is 0 Å². The van der Waals surface area contributed by atoms with Gasteiger partial charge in [0, 0.05) is 31.9 Å². The van der Waals surface area contributed by atoms with E-state index in [1.165, 1.54) is 18.4 Å². The predicted octanol–water partition coefficient (Wildman–Crippen LogP) is 3.27. The summed E-state index contributed by atoms with van der Waals surface area (Å²) < 4.78 is 11.4. The molecule has 1 saturated carbocycles. The highest BCUT2D eigenvalue weighted by molar-refractivity contribution is 5.79. The standard InChI is InChI=1S/C20H33N3O2/c1-4-21-20(22-11-6-12-24-5-2)23-14-18-10-7-16(3)13-19(18)25-15-17-8-9-17/h7,10,13,17H,4-6,8-9,11-12,14-15H2,1-3H3,(H2,21,22,23). The molecule has 0 bridgehead atoms. The highest BCUT2D eigenvalue weighted by Gasteiger charge is 2.22. The SMILES string of the molecule is CCNC(=NCc1ccc(C)cc1OCC1CC1)NCCCOCC. The van der Waals surface area contributed by atoms with Gasteiger partial charge in [0.25, 0.3) is 0 Å². The van der Waals surface area contributed by atoms with Crippen molar-refractivity contribution in [1.82, 2.24) is 10.6 Å². The van der Waals surface area contributed by atoms with Gasteiger partial charge in [-0.05, 0) is 57.6 Å². The van der Waals surface area contributed by atoms with E-state index >= 15 is 0 Å².